The molecule has 1 heteroatoms. The molecule has 0 unspecified atom stereocenters. The van der Waals surface area contributed by atoms with Gasteiger partial charge in [0.05, 0.1) is 0 Å². The molecule has 0 fully saturated rings. The topological polar surface area (TPSA) is 15.8 Å². The molecule has 0 aliphatic rings. The number of aryl methyl sites for hydroxylation is 2. The van der Waals surface area contributed by atoms with Crippen LogP contribution in [0, 0.1) is 13.8 Å². The van der Waals surface area contributed by atoms with E-state index in [0.29, 0.717) is 0 Å². The van der Waals surface area contributed by atoms with Crippen molar-refractivity contribution in [3.63, 3.8) is 0 Å². The SMILES string of the molecule is Cc1cccccc(C)[nH]c1. The van der Waals surface area contributed by atoms with E-state index in [0.717, 1.165) is 5.69 Å². The largest absolute Gasteiger partial charge is 0.365 e. The molecule has 1 nitrogen and oxygen atoms in total. The lowest BCUT2D eigenvalue weighted by molar-refractivity contribution is 1.20. The molecule has 1 aromatic rings. The van der Waals surface area contributed by atoms with E-state index < -0.39 is 0 Å². The van der Waals surface area contributed by atoms with Crippen LogP contribution in [0.4, 0.5) is 0 Å². The molecule has 0 spiro atoms. The molecule has 0 radical (unpaired) electrons. The highest BCUT2D eigenvalue weighted by Gasteiger charge is 1.75. The quantitative estimate of drug-likeness (QED) is 0.580. The summed E-state index contributed by atoms with van der Waals surface area (Å²) in [5.74, 6) is 0. The predicted molar refractivity (Wildman–Crippen MR) is 47.9 cm³/mol. The summed E-state index contributed by atoms with van der Waals surface area (Å²) in [7, 11) is 0. The lowest BCUT2D eigenvalue weighted by atomic mass is 10.3. The van der Waals surface area contributed by atoms with Crippen LogP contribution in [-0.4, -0.2) is 4.98 Å². The Balaban J connectivity index is 3.23. The van der Waals surface area contributed by atoms with Crippen molar-refractivity contribution in [1.82, 2.24) is 4.98 Å². The van der Waals surface area contributed by atoms with E-state index in [4.69, 9.17) is 0 Å². The van der Waals surface area contributed by atoms with Gasteiger partial charge < -0.3 is 4.98 Å². The summed E-state index contributed by atoms with van der Waals surface area (Å²) in [6, 6.07) is 10.2. The monoisotopic (exact) mass is 147 g/mol. The Bertz CT molecular complexity index is 245. The first-order valence-corrected chi connectivity index (χ1v) is 3.74. The van der Waals surface area contributed by atoms with Crippen molar-refractivity contribution in [2.45, 2.75) is 13.8 Å². The van der Waals surface area contributed by atoms with Gasteiger partial charge in [-0.1, -0.05) is 24.3 Å². The lowest BCUT2D eigenvalue weighted by Gasteiger charge is -1.84. The van der Waals surface area contributed by atoms with E-state index in [1.165, 1.54) is 5.56 Å². The van der Waals surface area contributed by atoms with Crippen LogP contribution >= 0.6 is 0 Å². The minimum absolute atomic E-state index is 1.16. The minimum atomic E-state index is 1.16. The smallest absolute Gasteiger partial charge is 0.0115 e. The van der Waals surface area contributed by atoms with Gasteiger partial charge in [-0.2, -0.15) is 0 Å². The summed E-state index contributed by atoms with van der Waals surface area (Å²) >= 11 is 0. The van der Waals surface area contributed by atoms with Gasteiger partial charge >= 0.3 is 0 Å². The van der Waals surface area contributed by atoms with Gasteiger partial charge in [-0.3, -0.25) is 0 Å². The molecule has 1 rings (SSSR count). The van der Waals surface area contributed by atoms with Crippen LogP contribution in [0.5, 0.6) is 0 Å². The van der Waals surface area contributed by atoms with Crippen molar-refractivity contribution in [1.29, 1.82) is 0 Å². The van der Waals surface area contributed by atoms with Crippen molar-refractivity contribution < 1.29 is 0 Å². The normalized spacial score (nSPS) is 8.91. The first-order chi connectivity index (χ1) is 5.29. The highest BCUT2D eigenvalue weighted by molar-refractivity contribution is 5.07. The minimum Gasteiger partial charge on any atom is -0.365 e. The lowest BCUT2D eigenvalue weighted by Crippen LogP contribution is -1.71. The van der Waals surface area contributed by atoms with Crippen molar-refractivity contribution in [2.24, 2.45) is 0 Å². The number of hydrogen-bond acceptors (Lipinski definition) is 0. The van der Waals surface area contributed by atoms with Gasteiger partial charge in [0.2, 0.25) is 0 Å². The molecule has 0 aliphatic carbocycles. The van der Waals surface area contributed by atoms with Crippen LogP contribution < -0.4 is 0 Å². The Hall–Kier alpha value is -1.24. The summed E-state index contributed by atoms with van der Waals surface area (Å²) in [5.41, 5.74) is 2.38. The second-order valence-corrected chi connectivity index (χ2v) is 2.63. The van der Waals surface area contributed by atoms with Crippen LogP contribution in [-0.2, 0) is 0 Å². The van der Waals surface area contributed by atoms with Crippen molar-refractivity contribution in [3.8, 4) is 0 Å². The molecule has 11 heavy (non-hydrogen) atoms. The summed E-state index contributed by atoms with van der Waals surface area (Å²) in [6.07, 6.45) is 2.00. The Morgan fingerprint density at radius 3 is 2.55 bits per heavy atom. The number of aromatic nitrogens is 1. The average molecular weight is 147 g/mol. The third-order valence-corrected chi connectivity index (χ3v) is 1.46. The molecular weight excluding hydrogens is 134 g/mol. The van der Waals surface area contributed by atoms with E-state index in [9.17, 15) is 0 Å². The summed E-state index contributed by atoms with van der Waals surface area (Å²) in [5, 5.41) is 0. The number of hydrogen-bond donors (Lipinski definition) is 1. The molecule has 1 heterocycles. The first kappa shape index (κ1) is 7.86. The van der Waals surface area contributed by atoms with Crippen molar-refractivity contribution >= 4 is 0 Å². The molecule has 1 aromatic heterocycles. The van der Waals surface area contributed by atoms with Crippen molar-refractivity contribution in [2.75, 3.05) is 0 Å². The first-order valence-electron chi connectivity index (χ1n) is 3.74. The maximum atomic E-state index is 3.17. The Labute approximate surface area is 67.4 Å². The highest BCUT2D eigenvalue weighted by Crippen LogP contribution is 1.91. The molecule has 0 saturated carbocycles. The second kappa shape index (κ2) is 3.81. The Morgan fingerprint density at radius 2 is 1.73 bits per heavy atom. The standard InChI is InChI=1S/C10H13N/c1-9-6-4-3-5-7-10(2)11-8-9/h3-8,11H,1-2H3. The molecule has 0 saturated heterocycles. The van der Waals surface area contributed by atoms with Gasteiger partial charge in [-0.05, 0) is 25.5 Å². The van der Waals surface area contributed by atoms with Gasteiger partial charge in [0.25, 0.3) is 0 Å². The zero-order valence-electron chi connectivity index (χ0n) is 6.96. The van der Waals surface area contributed by atoms with Crippen molar-refractivity contribution in [3.05, 3.63) is 47.8 Å². The van der Waals surface area contributed by atoms with Gasteiger partial charge in [0.15, 0.2) is 0 Å². The molecule has 58 valence electrons. The fraction of sp³-hybridized carbons (Fsp3) is 0.200. The van der Waals surface area contributed by atoms with Gasteiger partial charge in [0, 0.05) is 11.9 Å². The third kappa shape index (κ3) is 2.89. The number of H-pyrrole nitrogens is 1. The molecule has 0 amide bonds. The van der Waals surface area contributed by atoms with Crippen LogP contribution in [0.1, 0.15) is 11.3 Å². The Kier molecular flexibility index (Phi) is 2.73. The zero-order chi connectivity index (χ0) is 8.10. The Morgan fingerprint density at radius 1 is 1.00 bits per heavy atom. The maximum Gasteiger partial charge on any atom is 0.0115 e. The number of nitrogens with one attached hydrogen (secondary N) is 1. The molecule has 0 aliphatic heterocycles. The fourth-order valence-electron chi connectivity index (χ4n) is 0.795. The van der Waals surface area contributed by atoms with Gasteiger partial charge in [0.1, 0.15) is 0 Å². The maximum absolute atomic E-state index is 3.17. The zero-order valence-corrected chi connectivity index (χ0v) is 6.96. The van der Waals surface area contributed by atoms with Gasteiger partial charge in [-0.15, -0.1) is 0 Å². The summed E-state index contributed by atoms with van der Waals surface area (Å²) in [6.45, 7) is 4.11. The number of rotatable bonds is 0. The predicted octanol–water partition coefficient (Wildman–Crippen LogP) is 2.76. The van der Waals surface area contributed by atoms with Crippen LogP contribution in [0.15, 0.2) is 36.5 Å². The highest BCUT2D eigenvalue weighted by atomic mass is 14.6. The molecule has 0 bridgehead atoms. The van der Waals surface area contributed by atoms with E-state index in [1.807, 2.05) is 37.4 Å². The van der Waals surface area contributed by atoms with E-state index in [-0.39, 0.29) is 0 Å². The fourth-order valence-corrected chi connectivity index (χ4v) is 0.795. The molecule has 1 N–H and O–H groups in total. The third-order valence-electron chi connectivity index (χ3n) is 1.46. The van der Waals surface area contributed by atoms with E-state index >= 15 is 0 Å². The summed E-state index contributed by atoms with van der Waals surface area (Å²) in [4.78, 5) is 3.17. The van der Waals surface area contributed by atoms with E-state index in [1.54, 1.807) is 0 Å². The molecule has 0 atom stereocenters. The molecule has 0 aromatic carbocycles. The van der Waals surface area contributed by atoms with Gasteiger partial charge in [-0.25, -0.2) is 0 Å². The number of aromatic amines is 1. The summed E-state index contributed by atoms with van der Waals surface area (Å²) < 4.78 is 0. The van der Waals surface area contributed by atoms with E-state index in [2.05, 4.69) is 18.0 Å². The van der Waals surface area contributed by atoms with Crippen LogP contribution in [0.2, 0.25) is 0 Å². The molecular formula is C10H13N. The average Bonchev–Trinajstić information content (AvgIpc) is 2.06. The van der Waals surface area contributed by atoms with Crippen LogP contribution in [0.25, 0.3) is 0 Å². The second-order valence-electron chi connectivity index (χ2n) is 2.63. The van der Waals surface area contributed by atoms with Crippen LogP contribution in [0.3, 0.4) is 0 Å².